The van der Waals surface area contributed by atoms with Crippen LogP contribution < -0.4 is 4.90 Å². The molecule has 0 saturated heterocycles. The van der Waals surface area contributed by atoms with Gasteiger partial charge in [0.2, 0.25) is 5.69 Å². The molecule has 1 aliphatic carbocycles. The lowest BCUT2D eigenvalue weighted by molar-refractivity contribution is -0.432. The number of hydrogen-bond donors (Lipinski definition) is 1. The highest BCUT2D eigenvalue weighted by Crippen LogP contribution is 2.51. The molecule has 0 atom stereocenters. The van der Waals surface area contributed by atoms with E-state index >= 15 is 0 Å². The van der Waals surface area contributed by atoms with Crippen LogP contribution in [-0.2, 0) is 31.1 Å². The Hall–Kier alpha value is -4.35. The van der Waals surface area contributed by atoms with E-state index in [1.54, 1.807) is 0 Å². The zero-order chi connectivity index (χ0) is 37.9. The average molecular weight is 751 g/mol. The molecule has 0 radical (unpaired) electrons. The van der Waals surface area contributed by atoms with Crippen LogP contribution in [0.1, 0.15) is 65.0 Å². The summed E-state index contributed by atoms with van der Waals surface area (Å²) in [4.78, 5) is 2.00. The predicted molar refractivity (Wildman–Crippen MR) is 214 cm³/mol. The quantitative estimate of drug-likeness (QED) is 0.135. The average Bonchev–Trinajstić information content (AvgIpc) is 3.46. The van der Waals surface area contributed by atoms with E-state index in [4.69, 9.17) is 0 Å². The second-order valence-corrected chi connectivity index (χ2v) is 18.5. The second-order valence-electron chi connectivity index (χ2n) is 15.4. The fourth-order valence-corrected chi connectivity index (χ4v) is 9.61. The van der Waals surface area contributed by atoms with Gasteiger partial charge in [0.1, 0.15) is 5.75 Å². The van der Waals surface area contributed by atoms with E-state index in [1.807, 2.05) is 51.9 Å². The van der Waals surface area contributed by atoms with Crippen molar-refractivity contribution < 1.29 is 30.5 Å². The summed E-state index contributed by atoms with van der Waals surface area (Å²) in [7, 11) is -8.62. The lowest BCUT2D eigenvalue weighted by Crippen LogP contribution is -2.30. The van der Waals surface area contributed by atoms with Crippen molar-refractivity contribution in [2.24, 2.45) is 0 Å². The van der Waals surface area contributed by atoms with Crippen molar-refractivity contribution in [1.82, 2.24) is 0 Å². The van der Waals surface area contributed by atoms with Crippen LogP contribution in [0.5, 0.6) is 0 Å². The van der Waals surface area contributed by atoms with Crippen molar-refractivity contribution in [3.8, 4) is 0 Å². The minimum absolute atomic E-state index is 0.0680. The topological polar surface area (TPSA) is 118 Å². The van der Waals surface area contributed by atoms with E-state index in [0.717, 1.165) is 74.7 Å². The van der Waals surface area contributed by atoms with Gasteiger partial charge in [-0.1, -0.05) is 80.6 Å². The van der Waals surface area contributed by atoms with Gasteiger partial charge in [0.05, 0.1) is 21.3 Å². The number of allylic oxidation sites excluding steroid dienone is 8. The molecule has 2 heterocycles. The van der Waals surface area contributed by atoms with Crippen LogP contribution in [0.25, 0.3) is 21.5 Å². The summed E-state index contributed by atoms with van der Waals surface area (Å²) in [5.41, 5.74) is 8.67. The molecule has 7 rings (SSSR count). The zero-order valence-electron chi connectivity index (χ0n) is 30.9. The minimum Gasteiger partial charge on any atom is -0.748 e. The molecule has 0 spiro atoms. The number of nitrogens with zero attached hydrogens (tertiary/aromatic N) is 2. The lowest BCUT2D eigenvalue weighted by atomic mass is 9.78. The Morgan fingerprint density at radius 3 is 2.09 bits per heavy atom. The standard InChI is InChI=1S/C43H46N2O6S2/c1-29-30(19-23-38-42(2,3)40-34-15-8-6-11-32(34)17-21-36(40)44(38)25-27-52(46,47)48)13-10-14-31(29)20-24-39-43(4,5)41-35-16-9-7-12-33(35)18-22-37(41)45(39)26-28-53(49,50)51/h6-9,11-12,15-24H,10,13-14,25-28H2,1-5H3,(H-,46,47,48,49,50,51). The second kappa shape index (κ2) is 13.5. The van der Waals surface area contributed by atoms with Gasteiger partial charge in [-0.05, 0) is 102 Å². The molecule has 8 nitrogen and oxygen atoms in total. The van der Waals surface area contributed by atoms with Gasteiger partial charge in [-0.15, -0.1) is 0 Å². The van der Waals surface area contributed by atoms with Crippen LogP contribution in [0.3, 0.4) is 0 Å². The van der Waals surface area contributed by atoms with Gasteiger partial charge in [-0.25, -0.2) is 8.42 Å². The zero-order valence-corrected chi connectivity index (χ0v) is 32.5. The fraction of sp³-hybridized carbons (Fsp3) is 0.326. The van der Waals surface area contributed by atoms with Crippen molar-refractivity contribution in [3.05, 3.63) is 131 Å². The molecule has 0 unspecified atom stereocenters. The Balaban J connectivity index is 1.28. The van der Waals surface area contributed by atoms with Crippen LogP contribution in [-0.4, -0.2) is 60.8 Å². The van der Waals surface area contributed by atoms with Crippen molar-refractivity contribution in [2.45, 2.75) is 64.7 Å². The first-order valence-electron chi connectivity index (χ1n) is 18.1. The van der Waals surface area contributed by atoms with E-state index in [1.165, 1.54) is 16.7 Å². The molecule has 53 heavy (non-hydrogen) atoms. The Morgan fingerprint density at radius 2 is 1.43 bits per heavy atom. The van der Waals surface area contributed by atoms with Crippen molar-refractivity contribution in [3.63, 3.8) is 0 Å². The molecule has 4 aromatic rings. The van der Waals surface area contributed by atoms with E-state index in [-0.39, 0.29) is 18.8 Å². The van der Waals surface area contributed by atoms with Gasteiger partial charge in [-0.2, -0.15) is 13.0 Å². The first-order chi connectivity index (χ1) is 25.0. The normalized spacial score (nSPS) is 20.1. The maximum atomic E-state index is 11.9. The molecule has 3 aliphatic rings. The van der Waals surface area contributed by atoms with Gasteiger partial charge in [-0.3, -0.25) is 4.55 Å². The number of benzene rings is 4. The van der Waals surface area contributed by atoms with Crippen molar-refractivity contribution in [1.29, 1.82) is 0 Å². The van der Waals surface area contributed by atoms with E-state index < -0.39 is 36.8 Å². The first kappa shape index (κ1) is 37.0. The van der Waals surface area contributed by atoms with Gasteiger partial charge >= 0.3 is 0 Å². The largest absolute Gasteiger partial charge is 0.748 e. The highest BCUT2D eigenvalue weighted by molar-refractivity contribution is 7.86. The van der Waals surface area contributed by atoms with Crippen molar-refractivity contribution in [2.75, 3.05) is 29.5 Å². The maximum absolute atomic E-state index is 11.9. The van der Waals surface area contributed by atoms with Gasteiger partial charge in [0.15, 0.2) is 12.3 Å². The minimum atomic E-state index is -4.43. The molecular weight excluding hydrogens is 705 g/mol. The summed E-state index contributed by atoms with van der Waals surface area (Å²) in [6.45, 7) is 11.0. The molecule has 0 bridgehead atoms. The van der Waals surface area contributed by atoms with Crippen LogP contribution in [0.2, 0.25) is 0 Å². The van der Waals surface area contributed by atoms with Gasteiger partial charge in [0, 0.05) is 41.1 Å². The van der Waals surface area contributed by atoms with Crippen LogP contribution in [0, 0.1) is 0 Å². The smallest absolute Gasteiger partial charge is 0.271 e. The van der Waals surface area contributed by atoms with E-state index in [2.05, 4.69) is 89.3 Å². The molecule has 0 amide bonds. The molecule has 0 fully saturated rings. The Labute approximate surface area is 313 Å². The summed E-state index contributed by atoms with van der Waals surface area (Å²) in [6.07, 6.45) is 11.3. The summed E-state index contributed by atoms with van der Waals surface area (Å²) in [5.74, 6) is -0.878. The van der Waals surface area contributed by atoms with Crippen LogP contribution in [0.4, 0.5) is 11.4 Å². The first-order valence-corrected chi connectivity index (χ1v) is 21.3. The third-order valence-corrected chi connectivity index (χ3v) is 12.8. The van der Waals surface area contributed by atoms with Gasteiger partial charge in [0.25, 0.3) is 10.1 Å². The number of fused-ring (bicyclic) bond motifs is 6. The number of rotatable bonds is 9. The summed E-state index contributed by atoms with van der Waals surface area (Å²) in [6, 6.07) is 24.6. The highest BCUT2D eigenvalue weighted by atomic mass is 32.2. The van der Waals surface area contributed by atoms with Crippen LogP contribution >= 0.6 is 0 Å². The molecule has 2 aliphatic heterocycles. The third-order valence-electron chi connectivity index (χ3n) is 11.4. The molecule has 4 aromatic carbocycles. The molecule has 1 N–H and O–H groups in total. The molecule has 0 aromatic heterocycles. The van der Waals surface area contributed by atoms with Gasteiger partial charge < -0.3 is 9.45 Å². The predicted octanol–water partition coefficient (Wildman–Crippen LogP) is 8.47. The summed E-state index contributed by atoms with van der Waals surface area (Å²) >= 11 is 0. The number of anilines is 1. The highest BCUT2D eigenvalue weighted by Gasteiger charge is 2.46. The third kappa shape index (κ3) is 6.94. The fourth-order valence-electron chi connectivity index (χ4n) is 8.79. The maximum Gasteiger partial charge on any atom is 0.271 e. The molecule has 0 saturated carbocycles. The monoisotopic (exact) mass is 750 g/mol. The van der Waals surface area contributed by atoms with Crippen molar-refractivity contribution >= 4 is 58.9 Å². The molecule has 276 valence electrons. The molecule has 10 heteroatoms. The summed E-state index contributed by atoms with van der Waals surface area (Å²) in [5, 5.41) is 4.45. The van der Waals surface area contributed by atoms with E-state index in [9.17, 15) is 25.9 Å². The lowest BCUT2D eigenvalue weighted by Gasteiger charge is -2.28. The Morgan fingerprint density at radius 1 is 0.792 bits per heavy atom. The Bertz CT molecular complexity index is 2560. The number of hydrogen-bond acceptors (Lipinski definition) is 6. The SMILES string of the molecule is CC1=C(C=CC2=[N+](CCS(=O)(=O)O)c3ccc4ccccc4c3C2(C)C)CCCC1=CC=C1N(CCS(=O)(=O)[O-])c2ccc3ccccc3c2C1(C)C. The molecular formula is C43H46N2O6S2. The van der Waals surface area contributed by atoms with Crippen LogP contribution in [0.15, 0.2) is 120 Å². The summed E-state index contributed by atoms with van der Waals surface area (Å²) < 4.78 is 71.0. The Kier molecular flexibility index (Phi) is 9.42. The van der Waals surface area contributed by atoms with E-state index in [0.29, 0.717) is 0 Å².